The Morgan fingerprint density at radius 2 is 1.43 bits per heavy atom. The van der Waals surface area contributed by atoms with Gasteiger partial charge in [0.05, 0.1) is 0 Å². The van der Waals surface area contributed by atoms with Crippen LogP contribution >= 0.6 is 0 Å². The molecule has 0 aliphatic carbocycles. The third kappa shape index (κ3) is 2.79. The number of rotatable bonds is 3. The van der Waals surface area contributed by atoms with E-state index in [4.69, 9.17) is 4.52 Å². The highest BCUT2D eigenvalue weighted by Crippen LogP contribution is 2.25. The van der Waals surface area contributed by atoms with Crippen molar-refractivity contribution in [2.45, 2.75) is 13.8 Å². The smallest absolute Gasteiger partial charge is 0.315 e. The highest BCUT2D eigenvalue weighted by molar-refractivity contribution is 5.60. The number of anilines is 2. The van der Waals surface area contributed by atoms with Gasteiger partial charge in [-0.15, -0.1) is 0 Å². The minimum atomic E-state index is 0.481. The molecule has 106 valence electrons. The zero-order valence-corrected chi connectivity index (χ0v) is 12.4. The van der Waals surface area contributed by atoms with Crippen LogP contribution in [-0.2, 0) is 0 Å². The summed E-state index contributed by atoms with van der Waals surface area (Å²) in [5.74, 6) is 0.601. The van der Waals surface area contributed by atoms with Crippen LogP contribution in [0, 0.1) is 13.8 Å². The van der Waals surface area contributed by atoms with Crippen LogP contribution in [0.15, 0.2) is 53.1 Å². The van der Waals surface area contributed by atoms with Crippen LogP contribution in [0.5, 0.6) is 0 Å². The van der Waals surface area contributed by atoms with Crippen molar-refractivity contribution in [1.29, 1.82) is 0 Å². The van der Waals surface area contributed by atoms with Gasteiger partial charge in [-0.1, -0.05) is 52.7 Å². The molecule has 0 unspecified atom stereocenters. The van der Waals surface area contributed by atoms with E-state index in [1.165, 1.54) is 11.1 Å². The van der Waals surface area contributed by atoms with Crippen molar-refractivity contribution in [3.05, 3.63) is 59.7 Å². The summed E-state index contributed by atoms with van der Waals surface area (Å²) in [4.78, 5) is 6.34. The van der Waals surface area contributed by atoms with E-state index in [2.05, 4.69) is 36.1 Å². The number of benzene rings is 2. The molecule has 2 aromatic carbocycles. The molecule has 0 bridgehead atoms. The Morgan fingerprint density at radius 3 is 2.05 bits per heavy atom. The third-order valence-corrected chi connectivity index (χ3v) is 3.43. The van der Waals surface area contributed by atoms with Crippen molar-refractivity contribution in [2.24, 2.45) is 0 Å². The lowest BCUT2D eigenvalue weighted by molar-refractivity contribution is 0.426. The van der Waals surface area contributed by atoms with E-state index in [0.29, 0.717) is 11.8 Å². The molecule has 1 heterocycles. The van der Waals surface area contributed by atoms with Gasteiger partial charge in [-0.05, 0) is 26.0 Å². The van der Waals surface area contributed by atoms with E-state index in [1.54, 1.807) is 0 Å². The lowest BCUT2D eigenvalue weighted by Gasteiger charge is -2.13. The predicted molar refractivity (Wildman–Crippen MR) is 83.7 cm³/mol. The normalized spacial score (nSPS) is 10.6. The average molecular weight is 279 g/mol. The number of aryl methyl sites for hydroxylation is 2. The molecule has 3 aromatic rings. The predicted octanol–water partition coefficient (Wildman–Crippen LogP) is 4.12. The quantitative estimate of drug-likeness (QED) is 0.723. The van der Waals surface area contributed by atoms with Crippen LogP contribution < -0.4 is 4.90 Å². The molecule has 0 N–H and O–H groups in total. The van der Waals surface area contributed by atoms with Gasteiger partial charge in [-0.2, -0.15) is 4.98 Å². The lowest BCUT2D eigenvalue weighted by Crippen LogP contribution is -2.09. The summed E-state index contributed by atoms with van der Waals surface area (Å²) in [5, 5.41) is 4.05. The third-order valence-electron chi connectivity index (χ3n) is 3.43. The zero-order chi connectivity index (χ0) is 14.8. The molecule has 3 rings (SSSR count). The van der Waals surface area contributed by atoms with E-state index in [0.717, 1.165) is 11.3 Å². The molecule has 4 nitrogen and oxygen atoms in total. The number of hydrogen-bond donors (Lipinski definition) is 0. The maximum Gasteiger partial charge on any atom is 0.328 e. The summed E-state index contributed by atoms with van der Waals surface area (Å²) in [6.07, 6.45) is 0. The zero-order valence-electron chi connectivity index (χ0n) is 12.4. The molecular formula is C17H17N3O. The largest absolute Gasteiger partial charge is 0.328 e. The van der Waals surface area contributed by atoms with Gasteiger partial charge in [0.25, 0.3) is 0 Å². The van der Waals surface area contributed by atoms with Gasteiger partial charge in [0.1, 0.15) is 0 Å². The summed E-state index contributed by atoms with van der Waals surface area (Å²) in [6.45, 7) is 4.11. The average Bonchev–Trinajstić information content (AvgIpc) is 2.98. The summed E-state index contributed by atoms with van der Waals surface area (Å²) in [5.41, 5.74) is 4.39. The Balaban J connectivity index is 1.87. The molecule has 0 amide bonds. The minimum Gasteiger partial charge on any atom is -0.315 e. The topological polar surface area (TPSA) is 42.2 Å². The number of aromatic nitrogens is 2. The van der Waals surface area contributed by atoms with Crippen LogP contribution in [0.2, 0.25) is 0 Å². The fourth-order valence-electron chi connectivity index (χ4n) is 2.05. The van der Waals surface area contributed by atoms with Crippen LogP contribution in [0.25, 0.3) is 11.4 Å². The Bertz CT molecular complexity index is 729. The second kappa shape index (κ2) is 5.40. The van der Waals surface area contributed by atoms with E-state index >= 15 is 0 Å². The van der Waals surface area contributed by atoms with Gasteiger partial charge >= 0.3 is 6.01 Å². The number of nitrogens with zero attached hydrogens (tertiary/aromatic N) is 3. The van der Waals surface area contributed by atoms with Crippen LogP contribution in [-0.4, -0.2) is 17.2 Å². The number of hydrogen-bond acceptors (Lipinski definition) is 4. The first-order valence-corrected chi connectivity index (χ1v) is 6.84. The highest BCUT2D eigenvalue weighted by atomic mass is 16.5. The lowest BCUT2D eigenvalue weighted by atomic mass is 10.1. The molecule has 0 aliphatic rings. The SMILES string of the molecule is Cc1ccc(-c2noc(N(C)c3ccc(C)cc3)n2)cc1. The maximum absolute atomic E-state index is 5.36. The second-order valence-corrected chi connectivity index (χ2v) is 5.16. The Labute approximate surface area is 124 Å². The fraction of sp³-hybridized carbons (Fsp3) is 0.176. The first-order valence-electron chi connectivity index (χ1n) is 6.84. The fourth-order valence-corrected chi connectivity index (χ4v) is 2.05. The summed E-state index contributed by atoms with van der Waals surface area (Å²) in [6, 6.07) is 16.7. The molecule has 0 aliphatic heterocycles. The van der Waals surface area contributed by atoms with Gasteiger partial charge in [-0.25, -0.2) is 0 Å². The molecule has 0 saturated heterocycles. The van der Waals surface area contributed by atoms with Crippen LogP contribution in [0.4, 0.5) is 11.7 Å². The van der Waals surface area contributed by atoms with Crippen molar-refractivity contribution in [2.75, 3.05) is 11.9 Å². The van der Waals surface area contributed by atoms with E-state index in [-0.39, 0.29) is 0 Å². The van der Waals surface area contributed by atoms with Gasteiger partial charge in [-0.3, -0.25) is 4.90 Å². The Morgan fingerprint density at radius 1 is 0.857 bits per heavy atom. The summed E-state index contributed by atoms with van der Waals surface area (Å²) < 4.78 is 5.36. The van der Waals surface area contributed by atoms with E-state index in [9.17, 15) is 0 Å². The molecule has 0 radical (unpaired) electrons. The van der Waals surface area contributed by atoms with Crippen molar-refractivity contribution in [1.82, 2.24) is 10.1 Å². The molecule has 4 heteroatoms. The molecule has 0 spiro atoms. The Kier molecular flexibility index (Phi) is 3.44. The molecule has 0 saturated carbocycles. The van der Waals surface area contributed by atoms with Gasteiger partial charge in [0.2, 0.25) is 5.82 Å². The molecular weight excluding hydrogens is 262 g/mol. The van der Waals surface area contributed by atoms with Crippen molar-refractivity contribution in [3.63, 3.8) is 0 Å². The standard InChI is InChI=1S/C17H17N3O/c1-12-4-8-14(9-5-12)16-18-17(21-19-16)20(3)15-10-6-13(2)7-11-15/h4-11H,1-3H3. The summed E-state index contributed by atoms with van der Waals surface area (Å²) >= 11 is 0. The Hall–Kier alpha value is -2.62. The monoisotopic (exact) mass is 279 g/mol. The molecule has 1 aromatic heterocycles. The van der Waals surface area contributed by atoms with Crippen molar-refractivity contribution in [3.8, 4) is 11.4 Å². The first kappa shape index (κ1) is 13.4. The maximum atomic E-state index is 5.36. The van der Waals surface area contributed by atoms with Crippen LogP contribution in [0.3, 0.4) is 0 Å². The second-order valence-electron chi connectivity index (χ2n) is 5.16. The van der Waals surface area contributed by atoms with Gasteiger partial charge in [0.15, 0.2) is 0 Å². The van der Waals surface area contributed by atoms with Crippen molar-refractivity contribution < 1.29 is 4.52 Å². The van der Waals surface area contributed by atoms with Gasteiger partial charge < -0.3 is 4.52 Å². The van der Waals surface area contributed by atoms with Crippen molar-refractivity contribution >= 4 is 11.7 Å². The highest BCUT2D eigenvalue weighted by Gasteiger charge is 2.13. The minimum absolute atomic E-state index is 0.481. The summed E-state index contributed by atoms with van der Waals surface area (Å²) in [7, 11) is 1.91. The molecule has 0 fully saturated rings. The molecule has 21 heavy (non-hydrogen) atoms. The first-order chi connectivity index (χ1) is 10.1. The van der Waals surface area contributed by atoms with E-state index in [1.807, 2.05) is 48.3 Å². The van der Waals surface area contributed by atoms with Gasteiger partial charge in [0, 0.05) is 18.3 Å². The van der Waals surface area contributed by atoms with Crippen LogP contribution in [0.1, 0.15) is 11.1 Å². The van der Waals surface area contributed by atoms with E-state index < -0.39 is 0 Å². The molecule has 0 atom stereocenters.